The molecular formula is C11H13NO4S. The third-order valence-electron chi connectivity index (χ3n) is 2.57. The van der Waals surface area contributed by atoms with Crippen LogP contribution in [0.3, 0.4) is 0 Å². The maximum atomic E-state index is 10.5. The summed E-state index contributed by atoms with van der Waals surface area (Å²) in [6.07, 6.45) is 0.293. The van der Waals surface area contributed by atoms with Crippen LogP contribution in [-0.4, -0.2) is 18.7 Å². The van der Waals surface area contributed by atoms with Crippen molar-refractivity contribution >= 4 is 21.2 Å². The summed E-state index contributed by atoms with van der Waals surface area (Å²) in [6.45, 7) is 2.27. The highest BCUT2D eigenvalue weighted by atomic mass is 32.2. The molecule has 92 valence electrons. The molecule has 2 aromatic rings. The zero-order chi connectivity index (χ0) is 12.5. The third-order valence-corrected chi connectivity index (χ3v) is 3.36. The van der Waals surface area contributed by atoms with Crippen LogP contribution in [0.4, 0.5) is 0 Å². The quantitative estimate of drug-likeness (QED) is 0.602. The zero-order valence-electron chi connectivity index (χ0n) is 9.42. The van der Waals surface area contributed by atoms with Crippen LogP contribution in [0.15, 0.2) is 28.7 Å². The van der Waals surface area contributed by atoms with E-state index in [1.165, 1.54) is 0 Å². The molecule has 0 saturated carbocycles. The van der Waals surface area contributed by atoms with Gasteiger partial charge in [-0.1, -0.05) is 12.1 Å². The van der Waals surface area contributed by atoms with E-state index in [0.717, 1.165) is 11.1 Å². The van der Waals surface area contributed by atoms with E-state index in [-0.39, 0.29) is 5.75 Å². The van der Waals surface area contributed by atoms with Gasteiger partial charge < -0.3 is 8.97 Å². The Hall–Kier alpha value is -1.40. The fraction of sp³-hybridized carbons (Fsp3) is 0.364. The van der Waals surface area contributed by atoms with Crippen molar-refractivity contribution in [3.05, 3.63) is 30.2 Å². The first-order valence-electron chi connectivity index (χ1n) is 5.29. The molecule has 0 bridgehead atoms. The molecule has 0 saturated heterocycles. The van der Waals surface area contributed by atoms with E-state index in [1.807, 2.05) is 35.8 Å². The Bertz CT molecular complexity index is 630. The lowest BCUT2D eigenvalue weighted by Crippen LogP contribution is -2.36. The van der Waals surface area contributed by atoms with Crippen molar-refractivity contribution in [2.24, 2.45) is 0 Å². The molecular weight excluding hydrogens is 242 g/mol. The first-order valence-corrected chi connectivity index (χ1v) is 6.87. The highest BCUT2D eigenvalue weighted by molar-refractivity contribution is 7.85. The lowest BCUT2D eigenvalue weighted by atomic mass is 10.3. The van der Waals surface area contributed by atoms with Crippen LogP contribution >= 0.6 is 0 Å². The average Bonchev–Trinajstić information content (AvgIpc) is 2.54. The van der Waals surface area contributed by atoms with Crippen molar-refractivity contribution in [3.63, 3.8) is 0 Å². The number of benzene rings is 1. The zero-order valence-corrected chi connectivity index (χ0v) is 10.2. The standard InChI is InChI=1S/C11H13NO4S/c1-9-12(7-4-8-17(13,14)15)10-5-2-3-6-11(10)16-9/h2-3,5-6H,4,7-8H2,1H3. The molecule has 1 aromatic carbocycles. The van der Waals surface area contributed by atoms with Gasteiger partial charge >= 0.3 is 5.89 Å². The van der Waals surface area contributed by atoms with Crippen molar-refractivity contribution < 1.29 is 22.0 Å². The average molecular weight is 255 g/mol. The van der Waals surface area contributed by atoms with Crippen LogP contribution in [-0.2, 0) is 16.7 Å². The SMILES string of the molecule is Cc1oc2ccccc2[n+]1CCCS(=O)(=O)[O-]. The lowest BCUT2D eigenvalue weighted by molar-refractivity contribution is -0.682. The summed E-state index contributed by atoms with van der Waals surface area (Å²) >= 11 is 0. The van der Waals surface area contributed by atoms with E-state index in [2.05, 4.69) is 0 Å². The lowest BCUT2D eigenvalue weighted by Gasteiger charge is -2.03. The van der Waals surface area contributed by atoms with Crippen molar-refractivity contribution in [2.45, 2.75) is 19.9 Å². The Kier molecular flexibility index (Phi) is 3.17. The highest BCUT2D eigenvalue weighted by Crippen LogP contribution is 2.12. The van der Waals surface area contributed by atoms with Gasteiger partial charge in [0.1, 0.15) is 0 Å². The van der Waals surface area contributed by atoms with Gasteiger partial charge in [-0.25, -0.2) is 8.42 Å². The summed E-state index contributed by atoms with van der Waals surface area (Å²) in [5, 5.41) is 0. The number of hydrogen-bond acceptors (Lipinski definition) is 4. The van der Waals surface area contributed by atoms with Crippen LogP contribution in [0.5, 0.6) is 0 Å². The topological polar surface area (TPSA) is 74.2 Å². The number of nitrogens with zero attached hydrogens (tertiary/aromatic N) is 1. The largest absolute Gasteiger partial charge is 0.748 e. The van der Waals surface area contributed by atoms with Crippen LogP contribution in [0.2, 0.25) is 0 Å². The number of oxazole rings is 1. The molecule has 0 fully saturated rings. The molecule has 0 aliphatic carbocycles. The number of para-hydroxylation sites is 2. The Morgan fingerprint density at radius 2 is 2.06 bits per heavy atom. The fourth-order valence-corrected chi connectivity index (χ4v) is 2.31. The maximum absolute atomic E-state index is 10.5. The predicted octanol–water partition coefficient (Wildman–Crippen LogP) is 0.964. The predicted molar refractivity (Wildman–Crippen MR) is 60.3 cm³/mol. The molecule has 0 aliphatic heterocycles. The molecule has 0 amide bonds. The van der Waals surface area contributed by atoms with Crippen LogP contribution in [0, 0.1) is 6.92 Å². The Morgan fingerprint density at radius 1 is 1.35 bits per heavy atom. The summed E-state index contributed by atoms with van der Waals surface area (Å²) in [6, 6.07) is 7.51. The van der Waals surface area contributed by atoms with Gasteiger partial charge in [-0.3, -0.25) is 0 Å². The maximum Gasteiger partial charge on any atom is 0.344 e. The Morgan fingerprint density at radius 3 is 2.76 bits per heavy atom. The van der Waals surface area contributed by atoms with Gasteiger partial charge in [-0.15, -0.1) is 0 Å². The molecule has 0 radical (unpaired) electrons. The van der Waals surface area contributed by atoms with Crippen molar-refractivity contribution in [3.8, 4) is 0 Å². The summed E-state index contributed by atoms with van der Waals surface area (Å²) in [5.41, 5.74) is 1.67. The van der Waals surface area contributed by atoms with Gasteiger partial charge in [0.2, 0.25) is 5.58 Å². The smallest absolute Gasteiger partial charge is 0.344 e. The summed E-state index contributed by atoms with van der Waals surface area (Å²) in [7, 11) is -4.14. The molecule has 0 N–H and O–H groups in total. The van der Waals surface area contributed by atoms with E-state index < -0.39 is 10.1 Å². The monoisotopic (exact) mass is 255 g/mol. The first kappa shape index (κ1) is 12.1. The fourth-order valence-electron chi connectivity index (χ4n) is 1.83. The van der Waals surface area contributed by atoms with E-state index in [9.17, 15) is 13.0 Å². The minimum Gasteiger partial charge on any atom is -0.748 e. The van der Waals surface area contributed by atoms with Crippen LogP contribution < -0.4 is 4.57 Å². The van der Waals surface area contributed by atoms with Crippen LogP contribution in [0.1, 0.15) is 12.3 Å². The van der Waals surface area contributed by atoms with E-state index in [0.29, 0.717) is 18.9 Å². The van der Waals surface area contributed by atoms with Gasteiger partial charge in [0.15, 0.2) is 6.54 Å². The molecule has 17 heavy (non-hydrogen) atoms. The van der Waals surface area contributed by atoms with Gasteiger partial charge in [0.25, 0.3) is 5.52 Å². The first-order chi connectivity index (χ1) is 7.97. The normalized spacial score (nSPS) is 12.1. The number of fused-ring (bicyclic) bond motifs is 1. The van der Waals surface area contributed by atoms with E-state index in [1.54, 1.807) is 0 Å². The van der Waals surface area contributed by atoms with Gasteiger partial charge in [-0.05, 0) is 6.07 Å². The molecule has 5 nitrogen and oxygen atoms in total. The Balaban J connectivity index is 2.21. The second-order valence-corrected chi connectivity index (χ2v) is 5.38. The van der Waals surface area contributed by atoms with Crippen molar-refractivity contribution in [1.82, 2.24) is 0 Å². The molecule has 1 heterocycles. The molecule has 6 heteroatoms. The second kappa shape index (κ2) is 4.46. The molecule has 0 unspecified atom stereocenters. The Labute approximate surface area is 99.4 Å². The van der Waals surface area contributed by atoms with Crippen LogP contribution in [0.25, 0.3) is 11.1 Å². The number of aryl methyl sites for hydroxylation is 2. The number of rotatable bonds is 4. The van der Waals surface area contributed by atoms with Crippen molar-refractivity contribution in [2.75, 3.05) is 5.75 Å². The van der Waals surface area contributed by atoms with Gasteiger partial charge in [-0.2, -0.15) is 4.57 Å². The molecule has 2 rings (SSSR count). The molecule has 0 aliphatic rings. The third kappa shape index (κ3) is 2.83. The summed E-state index contributed by atoms with van der Waals surface area (Å²) in [5.74, 6) is 0.355. The number of aromatic nitrogens is 1. The van der Waals surface area contributed by atoms with E-state index >= 15 is 0 Å². The number of hydrogen-bond donors (Lipinski definition) is 0. The van der Waals surface area contributed by atoms with E-state index in [4.69, 9.17) is 4.42 Å². The minimum absolute atomic E-state index is 0.293. The second-order valence-electron chi connectivity index (χ2n) is 3.86. The highest BCUT2D eigenvalue weighted by Gasteiger charge is 2.17. The molecule has 1 aromatic heterocycles. The van der Waals surface area contributed by atoms with Crippen molar-refractivity contribution in [1.29, 1.82) is 0 Å². The molecule has 0 atom stereocenters. The summed E-state index contributed by atoms with van der Waals surface area (Å²) < 4.78 is 39.0. The van der Waals surface area contributed by atoms with Gasteiger partial charge in [0, 0.05) is 18.2 Å². The minimum atomic E-state index is -4.14. The summed E-state index contributed by atoms with van der Waals surface area (Å²) in [4.78, 5) is 0. The van der Waals surface area contributed by atoms with Gasteiger partial charge in [0.05, 0.1) is 17.0 Å². The molecule has 0 spiro atoms.